The maximum absolute atomic E-state index is 11.6. The van der Waals surface area contributed by atoms with Crippen LogP contribution in [-0.2, 0) is 9.53 Å². The number of nitrogens with zero attached hydrogens (tertiary/aromatic N) is 1. The van der Waals surface area contributed by atoms with Gasteiger partial charge in [-0.1, -0.05) is 64.7 Å². The lowest BCUT2D eigenvalue weighted by Crippen LogP contribution is -2.26. The monoisotopic (exact) mass is 342 g/mol. The zero-order chi connectivity index (χ0) is 17.9. The van der Waals surface area contributed by atoms with Crippen molar-refractivity contribution in [3.05, 3.63) is 0 Å². The number of likely N-dealkylation sites (N-methyl/N-ethyl adjacent to an activating group) is 1. The molecule has 0 rings (SSSR count). The summed E-state index contributed by atoms with van der Waals surface area (Å²) < 4.78 is 5.30. The normalized spacial score (nSPS) is 11.2. The molecule has 0 aromatic heterocycles. The van der Waals surface area contributed by atoms with E-state index in [2.05, 4.69) is 18.9 Å². The summed E-state index contributed by atoms with van der Waals surface area (Å²) in [5.41, 5.74) is 5.52. The maximum Gasteiger partial charge on any atom is 0.305 e. The third-order valence-electron chi connectivity index (χ3n) is 4.44. The Morgan fingerprint density at radius 2 is 1.42 bits per heavy atom. The van der Waals surface area contributed by atoms with Crippen LogP contribution in [0.15, 0.2) is 0 Å². The first-order valence-electron chi connectivity index (χ1n) is 10.2. The van der Waals surface area contributed by atoms with Crippen LogP contribution in [0.4, 0.5) is 0 Å². The quantitative estimate of drug-likeness (QED) is 0.294. The first-order valence-corrected chi connectivity index (χ1v) is 10.2. The molecular formula is C20H42N2O2. The second kappa shape index (κ2) is 18.7. The number of carbonyl (C=O) groups excluding carboxylic acids is 1. The molecule has 0 radical (unpaired) electrons. The predicted molar refractivity (Wildman–Crippen MR) is 103 cm³/mol. The van der Waals surface area contributed by atoms with E-state index in [0.29, 0.717) is 13.0 Å². The molecule has 144 valence electrons. The van der Waals surface area contributed by atoms with Gasteiger partial charge in [0.15, 0.2) is 0 Å². The largest absolute Gasteiger partial charge is 0.466 e. The highest BCUT2D eigenvalue weighted by atomic mass is 16.5. The first-order chi connectivity index (χ1) is 11.7. The zero-order valence-electron chi connectivity index (χ0n) is 16.4. The molecule has 0 aromatic rings. The van der Waals surface area contributed by atoms with E-state index in [-0.39, 0.29) is 5.97 Å². The van der Waals surface area contributed by atoms with Crippen molar-refractivity contribution in [1.29, 1.82) is 0 Å². The number of hydrogen-bond acceptors (Lipinski definition) is 4. The van der Waals surface area contributed by atoms with E-state index in [1.165, 1.54) is 57.8 Å². The summed E-state index contributed by atoms with van der Waals surface area (Å²) >= 11 is 0. The van der Waals surface area contributed by atoms with E-state index in [4.69, 9.17) is 10.5 Å². The SMILES string of the molecule is CCCCCCCCCOC(=O)CCCCCCCN(C)CCN. The van der Waals surface area contributed by atoms with Gasteiger partial charge in [-0.2, -0.15) is 0 Å². The van der Waals surface area contributed by atoms with Gasteiger partial charge in [-0.25, -0.2) is 0 Å². The van der Waals surface area contributed by atoms with Crippen molar-refractivity contribution in [3.8, 4) is 0 Å². The summed E-state index contributed by atoms with van der Waals surface area (Å²) in [5, 5.41) is 0. The molecule has 0 aliphatic heterocycles. The van der Waals surface area contributed by atoms with Crippen molar-refractivity contribution in [2.45, 2.75) is 90.4 Å². The Bertz CT molecular complexity index is 272. The highest BCUT2D eigenvalue weighted by Gasteiger charge is 2.03. The molecule has 0 saturated heterocycles. The summed E-state index contributed by atoms with van der Waals surface area (Å²) in [6.07, 6.45) is 15.2. The van der Waals surface area contributed by atoms with Gasteiger partial charge in [-0.05, 0) is 32.9 Å². The van der Waals surface area contributed by atoms with Crippen molar-refractivity contribution < 1.29 is 9.53 Å². The molecule has 0 bridgehead atoms. The van der Waals surface area contributed by atoms with Crippen LogP contribution in [0.25, 0.3) is 0 Å². The summed E-state index contributed by atoms with van der Waals surface area (Å²) in [4.78, 5) is 13.9. The number of unbranched alkanes of at least 4 members (excludes halogenated alkanes) is 10. The molecular weight excluding hydrogens is 300 g/mol. The van der Waals surface area contributed by atoms with Crippen molar-refractivity contribution in [3.63, 3.8) is 0 Å². The van der Waals surface area contributed by atoms with Crippen LogP contribution >= 0.6 is 0 Å². The Hall–Kier alpha value is -0.610. The Morgan fingerprint density at radius 3 is 2.08 bits per heavy atom. The topological polar surface area (TPSA) is 55.6 Å². The predicted octanol–water partition coefficient (Wildman–Crippen LogP) is 4.51. The molecule has 0 atom stereocenters. The molecule has 0 fully saturated rings. The molecule has 0 amide bonds. The second-order valence-corrected chi connectivity index (χ2v) is 6.95. The maximum atomic E-state index is 11.6. The third-order valence-corrected chi connectivity index (χ3v) is 4.44. The van der Waals surface area contributed by atoms with E-state index in [9.17, 15) is 4.79 Å². The zero-order valence-corrected chi connectivity index (χ0v) is 16.4. The summed E-state index contributed by atoms with van der Waals surface area (Å²) in [7, 11) is 2.12. The number of carbonyl (C=O) groups is 1. The number of hydrogen-bond donors (Lipinski definition) is 1. The summed E-state index contributed by atoms with van der Waals surface area (Å²) in [5.74, 6) is -0.0105. The highest BCUT2D eigenvalue weighted by Crippen LogP contribution is 2.09. The number of nitrogens with two attached hydrogens (primary N) is 1. The third kappa shape index (κ3) is 17.7. The lowest BCUT2D eigenvalue weighted by molar-refractivity contribution is -0.143. The average Bonchev–Trinajstić information content (AvgIpc) is 2.56. The highest BCUT2D eigenvalue weighted by molar-refractivity contribution is 5.69. The molecule has 0 spiro atoms. The van der Waals surface area contributed by atoms with Crippen LogP contribution < -0.4 is 5.73 Å². The van der Waals surface area contributed by atoms with Crippen LogP contribution in [0.3, 0.4) is 0 Å². The molecule has 0 aliphatic carbocycles. The average molecular weight is 343 g/mol. The van der Waals surface area contributed by atoms with Gasteiger partial charge in [0.2, 0.25) is 0 Å². The standard InChI is InChI=1S/C20H42N2O2/c1-3-4-5-6-7-11-14-19-24-20(23)15-12-9-8-10-13-17-22(2)18-16-21/h3-19,21H2,1-2H3. The fourth-order valence-corrected chi connectivity index (χ4v) is 2.83. The Morgan fingerprint density at radius 1 is 0.833 bits per heavy atom. The Labute approximate surface area is 150 Å². The second-order valence-electron chi connectivity index (χ2n) is 6.95. The molecule has 0 heterocycles. The van der Waals surface area contributed by atoms with Crippen LogP contribution in [-0.4, -0.2) is 44.2 Å². The fourth-order valence-electron chi connectivity index (χ4n) is 2.83. The van der Waals surface area contributed by atoms with E-state index < -0.39 is 0 Å². The van der Waals surface area contributed by atoms with Gasteiger partial charge >= 0.3 is 5.97 Å². The number of ether oxygens (including phenoxy) is 1. The van der Waals surface area contributed by atoms with Crippen molar-refractivity contribution in [1.82, 2.24) is 4.90 Å². The van der Waals surface area contributed by atoms with Crippen LogP contribution in [0.1, 0.15) is 90.4 Å². The van der Waals surface area contributed by atoms with Crippen molar-refractivity contribution in [2.24, 2.45) is 5.73 Å². The van der Waals surface area contributed by atoms with E-state index in [0.717, 1.165) is 38.9 Å². The molecule has 4 heteroatoms. The van der Waals surface area contributed by atoms with Gasteiger partial charge in [0.25, 0.3) is 0 Å². The Kier molecular flexibility index (Phi) is 18.2. The van der Waals surface area contributed by atoms with Crippen molar-refractivity contribution in [2.75, 3.05) is 33.3 Å². The molecule has 24 heavy (non-hydrogen) atoms. The van der Waals surface area contributed by atoms with Gasteiger partial charge in [0, 0.05) is 19.5 Å². The molecule has 4 nitrogen and oxygen atoms in total. The molecule has 2 N–H and O–H groups in total. The van der Waals surface area contributed by atoms with Crippen molar-refractivity contribution >= 4 is 5.97 Å². The molecule has 0 aliphatic rings. The molecule has 0 aromatic carbocycles. The van der Waals surface area contributed by atoms with Crippen LogP contribution in [0.2, 0.25) is 0 Å². The number of rotatable bonds is 18. The van der Waals surface area contributed by atoms with Gasteiger partial charge in [0.1, 0.15) is 0 Å². The fraction of sp³-hybridized carbons (Fsp3) is 0.950. The Balaban J connectivity index is 3.21. The lowest BCUT2D eigenvalue weighted by Gasteiger charge is -2.14. The molecule has 0 saturated carbocycles. The minimum Gasteiger partial charge on any atom is -0.466 e. The minimum atomic E-state index is -0.0105. The number of esters is 1. The lowest BCUT2D eigenvalue weighted by atomic mass is 10.1. The smallest absolute Gasteiger partial charge is 0.305 e. The van der Waals surface area contributed by atoms with E-state index >= 15 is 0 Å². The minimum absolute atomic E-state index is 0.0105. The van der Waals surface area contributed by atoms with Gasteiger partial charge in [-0.15, -0.1) is 0 Å². The summed E-state index contributed by atoms with van der Waals surface area (Å²) in [6, 6.07) is 0. The van der Waals surface area contributed by atoms with Crippen LogP contribution in [0, 0.1) is 0 Å². The van der Waals surface area contributed by atoms with E-state index in [1.54, 1.807) is 0 Å². The first kappa shape index (κ1) is 23.4. The van der Waals surface area contributed by atoms with Gasteiger partial charge < -0.3 is 15.4 Å². The van der Waals surface area contributed by atoms with E-state index in [1.807, 2.05) is 0 Å². The van der Waals surface area contributed by atoms with Gasteiger partial charge in [-0.3, -0.25) is 4.79 Å². The summed E-state index contributed by atoms with van der Waals surface area (Å²) in [6.45, 7) is 5.68. The van der Waals surface area contributed by atoms with Crippen LogP contribution in [0.5, 0.6) is 0 Å². The van der Waals surface area contributed by atoms with Gasteiger partial charge in [0.05, 0.1) is 6.61 Å². The molecule has 0 unspecified atom stereocenters.